The van der Waals surface area contributed by atoms with Crippen LogP contribution < -0.4 is 0 Å². The van der Waals surface area contributed by atoms with Crippen molar-refractivity contribution in [2.75, 3.05) is 6.61 Å². The van der Waals surface area contributed by atoms with E-state index in [1.807, 2.05) is 6.92 Å². The second kappa shape index (κ2) is 3.53. The zero-order chi connectivity index (χ0) is 4.99. The van der Waals surface area contributed by atoms with Crippen molar-refractivity contribution >= 4 is 22.5 Å². The first-order valence-corrected chi connectivity index (χ1v) is 3.23. The van der Waals surface area contributed by atoms with Crippen LogP contribution in [0.5, 0.6) is 0 Å². The molecule has 0 aliphatic rings. The third-order valence-corrected chi connectivity index (χ3v) is 0.731. The summed E-state index contributed by atoms with van der Waals surface area (Å²) in [7, 11) is 0. The van der Waals surface area contributed by atoms with Gasteiger partial charge in [0.05, 0.1) is 0 Å². The van der Waals surface area contributed by atoms with E-state index >= 15 is 0 Å². The first kappa shape index (κ1) is 6.34. The van der Waals surface area contributed by atoms with Gasteiger partial charge in [0.25, 0.3) is 0 Å². The molecule has 0 saturated heterocycles. The van der Waals surface area contributed by atoms with Gasteiger partial charge in [0, 0.05) is 0 Å². The van der Waals surface area contributed by atoms with Crippen molar-refractivity contribution in [1.82, 2.24) is 0 Å². The van der Waals surface area contributed by atoms with E-state index in [4.69, 9.17) is 4.74 Å². The Morgan fingerprint density at radius 1 is 2.00 bits per heavy atom. The van der Waals surface area contributed by atoms with Gasteiger partial charge in [-0.15, -0.1) is 0 Å². The standard InChI is InChI=1S/C4H7O.Sn/c1-3-5-4-2;/h1,4H2,2H3;/q;+3. The first-order valence-electron chi connectivity index (χ1n) is 1.80. The summed E-state index contributed by atoms with van der Waals surface area (Å²) in [4.78, 5) is 0. The van der Waals surface area contributed by atoms with Crippen molar-refractivity contribution in [1.29, 1.82) is 0 Å². The van der Waals surface area contributed by atoms with Crippen LogP contribution in [0, 0.1) is 0 Å². The van der Waals surface area contributed by atoms with Crippen molar-refractivity contribution in [3.8, 4) is 0 Å². The van der Waals surface area contributed by atoms with Crippen molar-refractivity contribution in [2.45, 2.75) is 6.92 Å². The molecule has 0 atom stereocenters. The Hall–Kier alpha value is 0.339. The molecule has 0 amide bonds. The van der Waals surface area contributed by atoms with E-state index in [1.165, 1.54) is 22.5 Å². The molecule has 0 aliphatic heterocycles. The third kappa shape index (κ3) is 4.34. The van der Waals surface area contributed by atoms with Gasteiger partial charge >= 0.3 is 51.1 Å². The Kier molecular flexibility index (Phi) is 3.73. The normalized spacial score (nSPS) is 7.83. The fraction of sp³-hybridized carbons (Fsp3) is 0.500. The zero-order valence-corrected chi connectivity index (χ0v) is 6.68. The molecule has 0 aliphatic carbocycles. The van der Waals surface area contributed by atoms with Crippen LogP contribution in [0.2, 0.25) is 0 Å². The Bertz CT molecular complexity index is 51.5. The molecule has 0 aromatic rings. The Labute approximate surface area is 51.5 Å². The van der Waals surface area contributed by atoms with Crippen molar-refractivity contribution in [3.05, 3.63) is 10.4 Å². The minimum absolute atomic E-state index is 0.754. The Balaban J connectivity index is 2.83. The van der Waals surface area contributed by atoms with Crippen LogP contribution in [0.4, 0.5) is 0 Å². The van der Waals surface area contributed by atoms with E-state index in [1.54, 1.807) is 0 Å². The number of hydrogen-bond acceptors (Lipinski definition) is 1. The van der Waals surface area contributed by atoms with Gasteiger partial charge in [-0.1, -0.05) is 0 Å². The maximum atomic E-state index is 4.89. The molecular formula is C4H7OSn+3. The molecule has 2 heteroatoms. The molecule has 0 N–H and O–H groups in total. The second-order valence-electron chi connectivity index (χ2n) is 0.856. The summed E-state index contributed by atoms with van der Waals surface area (Å²) in [6.07, 6.45) is 0. The summed E-state index contributed by atoms with van der Waals surface area (Å²) in [5.74, 6) is 0. The zero-order valence-electron chi connectivity index (χ0n) is 3.82. The quantitative estimate of drug-likeness (QED) is 0.459. The fourth-order valence-electron chi connectivity index (χ4n) is 0.174. The molecule has 0 heterocycles. The molecule has 0 radical (unpaired) electrons. The molecule has 0 fully saturated rings. The molecule has 0 aromatic carbocycles. The monoisotopic (exact) mass is 191 g/mol. The van der Waals surface area contributed by atoms with Crippen LogP contribution in [0.15, 0.2) is 10.4 Å². The van der Waals surface area contributed by atoms with Gasteiger partial charge < -0.3 is 0 Å². The average Bonchev–Trinajstić information content (AvgIpc) is 1.35. The Morgan fingerprint density at radius 2 is 2.50 bits per heavy atom. The van der Waals surface area contributed by atoms with Gasteiger partial charge in [0.2, 0.25) is 0 Å². The van der Waals surface area contributed by atoms with Crippen molar-refractivity contribution in [3.63, 3.8) is 0 Å². The van der Waals surface area contributed by atoms with Gasteiger partial charge in [-0.3, -0.25) is 0 Å². The molecule has 0 spiro atoms. The van der Waals surface area contributed by atoms with Crippen LogP contribution in [-0.4, -0.2) is 29.1 Å². The number of hydrogen-bond donors (Lipinski definition) is 0. The summed E-state index contributed by atoms with van der Waals surface area (Å²) in [5, 5.41) is 0. The summed E-state index contributed by atoms with van der Waals surface area (Å²) < 4.78 is 5.77. The molecule has 1 nitrogen and oxygen atoms in total. The van der Waals surface area contributed by atoms with E-state index in [0.717, 1.165) is 10.4 Å². The SMILES string of the molecule is C=[C]([Sn+3])OCC. The third-order valence-electron chi connectivity index (χ3n) is 0.319. The topological polar surface area (TPSA) is 9.23 Å². The van der Waals surface area contributed by atoms with Crippen LogP contribution in [0.25, 0.3) is 0 Å². The van der Waals surface area contributed by atoms with Crippen LogP contribution in [0.1, 0.15) is 6.92 Å². The van der Waals surface area contributed by atoms with Crippen molar-refractivity contribution in [2.24, 2.45) is 0 Å². The summed E-state index contributed by atoms with van der Waals surface area (Å²) in [6, 6.07) is 0. The molecule has 0 bridgehead atoms. The molecule has 0 aromatic heterocycles. The van der Waals surface area contributed by atoms with Crippen molar-refractivity contribution < 1.29 is 4.74 Å². The van der Waals surface area contributed by atoms with Gasteiger partial charge in [0.15, 0.2) is 0 Å². The summed E-state index contributed by atoms with van der Waals surface area (Å²) in [5.41, 5.74) is 0. The molecule has 0 rings (SSSR count). The van der Waals surface area contributed by atoms with Gasteiger partial charge in [-0.25, -0.2) is 0 Å². The van der Waals surface area contributed by atoms with Crippen LogP contribution in [-0.2, 0) is 4.74 Å². The van der Waals surface area contributed by atoms with E-state index in [2.05, 4.69) is 6.58 Å². The predicted octanol–water partition coefficient (Wildman–Crippen LogP) is 0.663. The Morgan fingerprint density at radius 3 is 2.50 bits per heavy atom. The van der Waals surface area contributed by atoms with E-state index in [0.29, 0.717) is 0 Å². The molecule has 6 heavy (non-hydrogen) atoms. The average molecular weight is 190 g/mol. The molecule has 30 valence electrons. The summed E-state index contributed by atoms with van der Waals surface area (Å²) >= 11 is 1.27. The summed E-state index contributed by atoms with van der Waals surface area (Å²) in [6.45, 7) is 6.27. The van der Waals surface area contributed by atoms with Gasteiger partial charge in [0.1, 0.15) is 0 Å². The molecule has 0 unspecified atom stereocenters. The van der Waals surface area contributed by atoms with Gasteiger partial charge in [-0.2, -0.15) is 0 Å². The van der Waals surface area contributed by atoms with E-state index < -0.39 is 0 Å². The van der Waals surface area contributed by atoms with Crippen LogP contribution >= 0.6 is 0 Å². The van der Waals surface area contributed by atoms with Crippen LogP contribution in [0.3, 0.4) is 0 Å². The van der Waals surface area contributed by atoms with E-state index in [-0.39, 0.29) is 0 Å². The maximum absolute atomic E-state index is 4.89. The van der Waals surface area contributed by atoms with Gasteiger partial charge in [-0.05, 0) is 0 Å². The second-order valence-corrected chi connectivity index (χ2v) is 2.45. The predicted molar refractivity (Wildman–Crippen MR) is 26.5 cm³/mol. The fourth-order valence-corrected chi connectivity index (χ4v) is 0.586. The molecule has 0 saturated carbocycles. The minimum atomic E-state index is 0.754. The molecular weight excluding hydrogens is 183 g/mol. The number of ether oxygens (including phenoxy) is 1. The first-order chi connectivity index (χ1) is 2.77. The number of rotatable bonds is 2. The van der Waals surface area contributed by atoms with E-state index in [9.17, 15) is 0 Å².